The first kappa shape index (κ1) is 11.1. The molecular weight excluding hydrogens is 210 g/mol. The smallest absolute Gasteiger partial charge is 0.207 e. The third kappa shape index (κ3) is 3.06. The van der Waals surface area contributed by atoms with Crippen LogP contribution < -0.4 is 0 Å². The molecule has 0 aliphatic rings. The maximum atomic E-state index is 13.0. The number of rotatable bonds is 3. The molecule has 0 N–H and O–H groups in total. The lowest BCUT2D eigenvalue weighted by Crippen LogP contribution is -2.04. The van der Waals surface area contributed by atoms with E-state index in [1.165, 1.54) is 19.1 Å². The van der Waals surface area contributed by atoms with E-state index in [-0.39, 0.29) is 6.42 Å². The fourth-order valence-electron chi connectivity index (χ4n) is 1.15. The topological polar surface area (TPSA) is 34.1 Å². The molecule has 0 bridgehead atoms. The van der Waals surface area contributed by atoms with E-state index in [9.17, 15) is 16.7 Å². The van der Waals surface area contributed by atoms with Crippen LogP contribution in [0.3, 0.4) is 0 Å². The van der Waals surface area contributed by atoms with Gasteiger partial charge >= 0.3 is 10.2 Å². The fourth-order valence-corrected chi connectivity index (χ4v) is 1.62. The third-order valence-electron chi connectivity index (χ3n) is 2.00. The molecule has 0 aliphatic carbocycles. The van der Waals surface area contributed by atoms with E-state index in [4.69, 9.17) is 0 Å². The van der Waals surface area contributed by atoms with Gasteiger partial charge in [0.25, 0.3) is 0 Å². The molecule has 0 heterocycles. The highest BCUT2D eigenvalue weighted by molar-refractivity contribution is 7.86. The number of benzene rings is 1. The summed E-state index contributed by atoms with van der Waals surface area (Å²) < 4.78 is 45.6. The van der Waals surface area contributed by atoms with Crippen molar-refractivity contribution in [1.29, 1.82) is 0 Å². The largest absolute Gasteiger partial charge is 0.302 e. The molecule has 2 nitrogen and oxygen atoms in total. The monoisotopic (exact) mass is 220 g/mol. The van der Waals surface area contributed by atoms with E-state index >= 15 is 0 Å². The molecule has 0 atom stereocenters. The molecule has 0 spiro atoms. The van der Waals surface area contributed by atoms with Crippen LogP contribution >= 0.6 is 0 Å². The van der Waals surface area contributed by atoms with Gasteiger partial charge in [0.2, 0.25) is 0 Å². The Hall–Kier alpha value is -0.970. The molecule has 0 aromatic heterocycles. The lowest BCUT2D eigenvalue weighted by atomic mass is 10.1. The molecule has 0 radical (unpaired) electrons. The molecule has 0 fully saturated rings. The van der Waals surface area contributed by atoms with Crippen molar-refractivity contribution in [1.82, 2.24) is 0 Å². The summed E-state index contributed by atoms with van der Waals surface area (Å²) in [6.07, 6.45) is 0.00241. The molecule has 5 heteroatoms. The summed E-state index contributed by atoms with van der Waals surface area (Å²) >= 11 is 0. The molecule has 0 amide bonds. The van der Waals surface area contributed by atoms with Gasteiger partial charge in [-0.25, -0.2) is 4.39 Å². The summed E-state index contributed by atoms with van der Waals surface area (Å²) in [4.78, 5) is 0. The van der Waals surface area contributed by atoms with Gasteiger partial charge < -0.3 is 0 Å². The van der Waals surface area contributed by atoms with Crippen LogP contribution in [0.4, 0.5) is 8.28 Å². The Morgan fingerprint density at radius 3 is 2.57 bits per heavy atom. The second kappa shape index (κ2) is 4.04. The Bertz CT molecular complexity index is 426. The maximum Gasteiger partial charge on any atom is 0.302 e. The molecule has 0 saturated carbocycles. The van der Waals surface area contributed by atoms with E-state index < -0.39 is 21.8 Å². The van der Waals surface area contributed by atoms with Crippen molar-refractivity contribution in [2.75, 3.05) is 5.75 Å². The van der Waals surface area contributed by atoms with Crippen LogP contribution in [0.1, 0.15) is 11.1 Å². The molecule has 1 aromatic rings. The molecule has 1 aromatic carbocycles. The average Bonchev–Trinajstić information content (AvgIpc) is 2.06. The Balaban J connectivity index is 2.83. The van der Waals surface area contributed by atoms with Crippen molar-refractivity contribution < 1.29 is 16.7 Å². The maximum absolute atomic E-state index is 13.0. The highest BCUT2D eigenvalue weighted by atomic mass is 32.3. The normalized spacial score (nSPS) is 11.6. The van der Waals surface area contributed by atoms with Crippen LogP contribution in [-0.4, -0.2) is 14.2 Å². The second-order valence-corrected chi connectivity index (χ2v) is 4.50. The fraction of sp³-hybridized carbons (Fsp3) is 0.333. The number of hydrogen-bond donors (Lipinski definition) is 0. The molecule has 1 rings (SSSR count). The number of aryl methyl sites for hydroxylation is 1. The van der Waals surface area contributed by atoms with Gasteiger partial charge in [-0.1, -0.05) is 12.1 Å². The van der Waals surface area contributed by atoms with Crippen LogP contribution in [-0.2, 0) is 16.6 Å². The Morgan fingerprint density at radius 2 is 2.00 bits per heavy atom. The van der Waals surface area contributed by atoms with Gasteiger partial charge in [0.05, 0.1) is 5.75 Å². The van der Waals surface area contributed by atoms with Crippen LogP contribution in [0.25, 0.3) is 0 Å². The van der Waals surface area contributed by atoms with E-state index in [2.05, 4.69) is 0 Å². The van der Waals surface area contributed by atoms with Gasteiger partial charge in [-0.2, -0.15) is 8.42 Å². The minimum absolute atomic E-state index is 0.00241. The first-order chi connectivity index (χ1) is 6.40. The molecule has 0 aliphatic heterocycles. The van der Waals surface area contributed by atoms with Crippen molar-refractivity contribution in [2.45, 2.75) is 13.3 Å². The molecule has 78 valence electrons. The molecule has 0 saturated heterocycles. The van der Waals surface area contributed by atoms with Gasteiger partial charge in [-0.15, -0.1) is 3.89 Å². The number of halogens is 2. The van der Waals surface area contributed by atoms with Crippen LogP contribution in [0.15, 0.2) is 18.2 Å². The zero-order valence-corrected chi connectivity index (χ0v) is 8.44. The van der Waals surface area contributed by atoms with Crippen molar-refractivity contribution in [2.24, 2.45) is 0 Å². The predicted octanol–water partition coefficient (Wildman–Crippen LogP) is 1.98. The van der Waals surface area contributed by atoms with Gasteiger partial charge in [-0.3, -0.25) is 0 Å². The standard InChI is InChI=1S/C9H10F2O2S/c1-7-8(3-2-4-9(7)10)5-6-14(11,12)13/h2-4H,5-6H2,1H3. The SMILES string of the molecule is Cc1c(F)cccc1CCS(=O)(=O)F. The summed E-state index contributed by atoms with van der Waals surface area (Å²) in [5, 5.41) is 0. The summed E-state index contributed by atoms with van der Waals surface area (Å²) in [6, 6.07) is 4.34. The van der Waals surface area contributed by atoms with Crippen molar-refractivity contribution in [3.8, 4) is 0 Å². The van der Waals surface area contributed by atoms with E-state index in [0.29, 0.717) is 11.1 Å². The van der Waals surface area contributed by atoms with Gasteiger partial charge in [0, 0.05) is 0 Å². The van der Waals surface area contributed by atoms with E-state index in [1.807, 2.05) is 0 Å². The van der Waals surface area contributed by atoms with Gasteiger partial charge in [0.15, 0.2) is 0 Å². The molecule has 14 heavy (non-hydrogen) atoms. The van der Waals surface area contributed by atoms with E-state index in [0.717, 1.165) is 0 Å². The number of hydrogen-bond acceptors (Lipinski definition) is 2. The minimum Gasteiger partial charge on any atom is -0.207 e. The zero-order chi connectivity index (χ0) is 10.8. The Morgan fingerprint density at radius 1 is 1.36 bits per heavy atom. The van der Waals surface area contributed by atoms with Crippen molar-refractivity contribution in [3.63, 3.8) is 0 Å². The van der Waals surface area contributed by atoms with Crippen LogP contribution in [0.5, 0.6) is 0 Å². The third-order valence-corrected chi connectivity index (χ3v) is 2.69. The first-order valence-corrected chi connectivity index (χ1v) is 5.62. The van der Waals surface area contributed by atoms with Gasteiger partial charge in [0.1, 0.15) is 5.82 Å². The highest BCUT2D eigenvalue weighted by Crippen LogP contribution is 2.13. The van der Waals surface area contributed by atoms with Crippen LogP contribution in [0, 0.1) is 12.7 Å². The molecular formula is C9H10F2O2S. The highest BCUT2D eigenvalue weighted by Gasteiger charge is 2.10. The Kier molecular flexibility index (Phi) is 3.21. The lowest BCUT2D eigenvalue weighted by Gasteiger charge is -2.04. The lowest BCUT2D eigenvalue weighted by molar-refractivity contribution is 0.551. The first-order valence-electron chi connectivity index (χ1n) is 4.06. The van der Waals surface area contributed by atoms with Crippen molar-refractivity contribution in [3.05, 3.63) is 35.1 Å². The summed E-state index contributed by atoms with van der Waals surface area (Å²) in [7, 11) is -4.47. The summed E-state index contributed by atoms with van der Waals surface area (Å²) in [6.45, 7) is 1.54. The zero-order valence-electron chi connectivity index (χ0n) is 7.63. The van der Waals surface area contributed by atoms with Crippen molar-refractivity contribution >= 4 is 10.2 Å². The summed E-state index contributed by atoms with van der Waals surface area (Å²) in [5.74, 6) is -1.00. The van der Waals surface area contributed by atoms with Crippen LogP contribution in [0.2, 0.25) is 0 Å². The van der Waals surface area contributed by atoms with Gasteiger partial charge in [-0.05, 0) is 30.5 Å². The van der Waals surface area contributed by atoms with E-state index in [1.54, 1.807) is 6.07 Å². The average molecular weight is 220 g/mol. The quantitative estimate of drug-likeness (QED) is 0.730. The summed E-state index contributed by atoms with van der Waals surface area (Å²) in [5.41, 5.74) is 0.891. The Labute approximate surface area is 81.8 Å². The molecule has 0 unspecified atom stereocenters. The minimum atomic E-state index is -4.47. The second-order valence-electron chi connectivity index (χ2n) is 3.02. The predicted molar refractivity (Wildman–Crippen MR) is 49.7 cm³/mol.